The second-order valence-electron chi connectivity index (χ2n) is 6.75. The molecule has 4 aromatic rings. The van der Waals surface area contributed by atoms with Crippen molar-refractivity contribution in [2.75, 3.05) is 5.32 Å². The number of benzene rings is 3. The molecule has 0 radical (unpaired) electrons. The zero-order valence-electron chi connectivity index (χ0n) is 15.8. The van der Waals surface area contributed by atoms with E-state index >= 15 is 0 Å². The molecule has 0 atom stereocenters. The van der Waals surface area contributed by atoms with Crippen LogP contribution < -0.4 is 10.7 Å². The molecule has 5 nitrogen and oxygen atoms in total. The van der Waals surface area contributed by atoms with Crippen molar-refractivity contribution in [3.05, 3.63) is 99.7 Å². The third-order valence-corrected chi connectivity index (χ3v) is 4.79. The summed E-state index contributed by atoms with van der Waals surface area (Å²) >= 11 is 0. The Labute approximate surface area is 167 Å². The Bertz CT molecular complexity index is 1260. The highest BCUT2D eigenvalue weighted by Crippen LogP contribution is 2.27. The van der Waals surface area contributed by atoms with Gasteiger partial charge in [-0.1, -0.05) is 48.5 Å². The van der Waals surface area contributed by atoms with E-state index in [9.17, 15) is 14.7 Å². The number of aliphatic hydroxyl groups excluding tert-OH is 1. The van der Waals surface area contributed by atoms with E-state index in [-0.39, 0.29) is 23.2 Å². The van der Waals surface area contributed by atoms with Crippen LogP contribution in [0.2, 0.25) is 0 Å². The number of para-hydroxylation sites is 1. The lowest BCUT2D eigenvalue weighted by atomic mass is 10.0. The number of carbonyl (C=O) groups is 1. The molecule has 1 amide bonds. The van der Waals surface area contributed by atoms with Crippen molar-refractivity contribution in [2.45, 2.75) is 13.5 Å². The van der Waals surface area contributed by atoms with Crippen LogP contribution in [0, 0.1) is 6.92 Å². The number of carbonyl (C=O) groups excluding carboxylic acids is 1. The summed E-state index contributed by atoms with van der Waals surface area (Å²) in [6, 6.07) is 21.2. The molecule has 0 aliphatic heterocycles. The molecule has 0 unspecified atom stereocenters. The van der Waals surface area contributed by atoms with Crippen LogP contribution in [-0.2, 0) is 6.61 Å². The SMILES string of the molecule is Cc1c(-c2ccccc2)oc2c(C(=O)Nc3cccc(CO)c3)cccc2c1=O. The van der Waals surface area contributed by atoms with Gasteiger partial charge in [-0.2, -0.15) is 0 Å². The van der Waals surface area contributed by atoms with Crippen LogP contribution in [0.5, 0.6) is 0 Å². The standard InChI is InChI=1S/C24H19NO4/c1-15-21(27)19-11-6-12-20(23(19)29-22(15)17-8-3-2-4-9-17)24(28)25-18-10-5-7-16(13-18)14-26/h2-13,26H,14H2,1H3,(H,25,28). The van der Waals surface area contributed by atoms with Gasteiger partial charge in [0.1, 0.15) is 5.76 Å². The van der Waals surface area contributed by atoms with E-state index in [4.69, 9.17) is 4.42 Å². The molecule has 29 heavy (non-hydrogen) atoms. The molecular weight excluding hydrogens is 366 g/mol. The first-order chi connectivity index (χ1) is 14.1. The van der Waals surface area contributed by atoms with Crippen molar-refractivity contribution in [1.29, 1.82) is 0 Å². The Balaban J connectivity index is 1.83. The molecule has 0 bridgehead atoms. The van der Waals surface area contributed by atoms with Crippen LogP contribution in [0.15, 0.2) is 82.0 Å². The minimum absolute atomic E-state index is 0.118. The summed E-state index contributed by atoms with van der Waals surface area (Å²) in [7, 11) is 0. The zero-order chi connectivity index (χ0) is 20.4. The van der Waals surface area contributed by atoms with Crippen LogP contribution in [0.25, 0.3) is 22.3 Å². The topological polar surface area (TPSA) is 79.5 Å². The van der Waals surface area contributed by atoms with Gasteiger partial charge in [-0.05, 0) is 36.8 Å². The maximum atomic E-state index is 12.9. The van der Waals surface area contributed by atoms with Gasteiger partial charge in [-0.3, -0.25) is 9.59 Å². The van der Waals surface area contributed by atoms with Crippen molar-refractivity contribution in [2.24, 2.45) is 0 Å². The van der Waals surface area contributed by atoms with E-state index in [0.717, 1.165) is 5.56 Å². The summed E-state index contributed by atoms with van der Waals surface area (Å²) in [5, 5.41) is 12.5. The number of aliphatic hydroxyl groups is 1. The predicted molar refractivity (Wildman–Crippen MR) is 113 cm³/mol. The highest BCUT2D eigenvalue weighted by atomic mass is 16.3. The van der Waals surface area contributed by atoms with E-state index in [1.165, 1.54) is 0 Å². The zero-order valence-corrected chi connectivity index (χ0v) is 15.8. The van der Waals surface area contributed by atoms with E-state index in [1.807, 2.05) is 30.3 Å². The average Bonchev–Trinajstić information content (AvgIpc) is 2.76. The molecule has 0 aliphatic carbocycles. The summed E-state index contributed by atoms with van der Waals surface area (Å²) < 4.78 is 6.09. The first-order valence-electron chi connectivity index (χ1n) is 9.21. The highest BCUT2D eigenvalue weighted by molar-refractivity contribution is 6.11. The molecular formula is C24H19NO4. The first-order valence-corrected chi connectivity index (χ1v) is 9.21. The number of rotatable bonds is 4. The average molecular weight is 385 g/mol. The lowest BCUT2D eigenvalue weighted by Crippen LogP contribution is -2.15. The van der Waals surface area contributed by atoms with Gasteiger partial charge in [-0.15, -0.1) is 0 Å². The minimum atomic E-state index is -0.392. The smallest absolute Gasteiger partial charge is 0.259 e. The number of nitrogens with one attached hydrogen (secondary N) is 1. The second-order valence-corrected chi connectivity index (χ2v) is 6.75. The van der Waals surface area contributed by atoms with Gasteiger partial charge in [0.15, 0.2) is 11.0 Å². The maximum Gasteiger partial charge on any atom is 0.259 e. The van der Waals surface area contributed by atoms with Crippen molar-refractivity contribution in [3.63, 3.8) is 0 Å². The van der Waals surface area contributed by atoms with Gasteiger partial charge in [0, 0.05) is 16.8 Å². The summed E-state index contributed by atoms with van der Waals surface area (Å²) in [4.78, 5) is 25.9. The fraction of sp³-hybridized carbons (Fsp3) is 0.0833. The predicted octanol–water partition coefficient (Wildman–Crippen LogP) is 4.51. The number of anilines is 1. The number of hydrogen-bond donors (Lipinski definition) is 2. The summed E-state index contributed by atoms with van der Waals surface area (Å²) in [6.07, 6.45) is 0. The monoisotopic (exact) mass is 385 g/mol. The molecule has 1 heterocycles. The Morgan fingerprint density at radius 3 is 2.52 bits per heavy atom. The van der Waals surface area contributed by atoms with Crippen LogP contribution in [0.1, 0.15) is 21.5 Å². The largest absolute Gasteiger partial charge is 0.455 e. The summed E-state index contributed by atoms with van der Waals surface area (Å²) in [6.45, 7) is 1.60. The van der Waals surface area contributed by atoms with Gasteiger partial charge in [0.25, 0.3) is 5.91 Å². The van der Waals surface area contributed by atoms with E-state index < -0.39 is 5.91 Å². The molecule has 144 valence electrons. The Kier molecular flexibility index (Phi) is 4.97. The Morgan fingerprint density at radius 2 is 1.76 bits per heavy atom. The Hall–Kier alpha value is -3.70. The van der Waals surface area contributed by atoms with Gasteiger partial charge in [0.2, 0.25) is 0 Å². The normalized spacial score (nSPS) is 10.8. The van der Waals surface area contributed by atoms with Crippen molar-refractivity contribution < 1.29 is 14.3 Å². The van der Waals surface area contributed by atoms with Crippen LogP contribution >= 0.6 is 0 Å². The molecule has 0 spiro atoms. The molecule has 1 aromatic heterocycles. The molecule has 0 saturated heterocycles. The van der Waals surface area contributed by atoms with E-state index in [0.29, 0.717) is 28.0 Å². The van der Waals surface area contributed by atoms with Crippen molar-refractivity contribution >= 4 is 22.6 Å². The lowest BCUT2D eigenvalue weighted by Gasteiger charge is -2.11. The van der Waals surface area contributed by atoms with Gasteiger partial charge >= 0.3 is 0 Å². The van der Waals surface area contributed by atoms with Crippen LogP contribution in [-0.4, -0.2) is 11.0 Å². The van der Waals surface area contributed by atoms with Crippen LogP contribution in [0.4, 0.5) is 5.69 Å². The molecule has 5 heteroatoms. The second kappa shape index (κ2) is 7.73. The number of fused-ring (bicyclic) bond motifs is 1. The van der Waals surface area contributed by atoms with Gasteiger partial charge in [-0.25, -0.2) is 0 Å². The van der Waals surface area contributed by atoms with Crippen LogP contribution in [0.3, 0.4) is 0 Å². The van der Waals surface area contributed by atoms with Crippen molar-refractivity contribution in [3.8, 4) is 11.3 Å². The third-order valence-electron chi connectivity index (χ3n) is 4.79. The first kappa shape index (κ1) is 18.7. The minimum Gasteiger partial charge on any atom is -0.455 e. The van der Waals surface area contributed by atoms with Gasteiger partial charge < -0.3 is 14.8 Å². The third kappa shape index (κ3) is 3.56. The fourth-order valence-electron chi connectivity index (χ4n) is 3.30. The molecule has 4 rings (SSSR count). The summed E-state index contributed by atoms with van der Waals surface area (Å²) in [5.41, 5.74) is 2.86. The van der Waals surface area contributed by atoms with Gasteiger partial charge in [0.05, 0.1) is 17.6 Å². The van der Waals surface area contributed by atoms with Crippen molar-refractivity contribution in [1.82, 2.24) is 0 Å². The number of hydrogen-bond acceptors (Lipinski definition) is 4. The lowest BCUT2D eigenvalue weighted by molar-refractivity contribution is 0.102. The molecule has 0 fully saturated rings. The van der Waals surface area contributed by atoms with E-state index in [1.54, 1.807) is 49.4 Å². The summed E-state index contributed by atoms with van der Waals surface area (Å²) in [5.74, 6) is 0.0577. The fourth-order valence-corrected chi connectivity index (χ4v) is 3.30. The molecule has 2 N–H and O–H groups in total. The molecule has 0 aliphatic rings. The molecule has 0 saturated carbocycles. The number of amides is 1. The quantitative estimate of drug-likeness (QED) is 0.542. The molecule has 3 aromatic carbocycles. The van der Waals surface area contributed by atoms with E-state index in [2.05, 4.69) is 5.32 Å². The Morgan fingerprint density at radius 1 is 1.00 bits per heavy atom. The maximum absolute atomic E-state index is 12.9. The highest BCUT2D eigenvalue weighted by Gasteiger charge is 2.18.